The lowest BCUT2D eigenvalue weighted by Gasteiger charge is -2.14. The molecule has 1 amide bonds. The van der Waals surface area contributed by atoms with E-state index in [1.165, 1.54) is 21.7 Å². The van der Waals surface area contributed by atoms with E-state index < -0.39 is 16.6 Å². The number of aromatic nitrogens is 3. The Morgan fingerprint density at radius 2 is 2.10 bits per heavy atom. The van der Waals surface area contributed by atoms with Crippen LogP contribution in [0.5, 0.6) is 0 Å². The first-order chi connectivity index (χ1) is 9.97. The molecule has 1 aliphatic heterocycles. The number of carbonyl (C=O) groups is 2. The number of fused-ring (bicyclic) bond motifs is 1. The predicted octanol–water partition coefficient (Wildman–Crippen LogP) is 0.453. The highest BCUT2D eigenvalue weighted by Crippen LogP contribution is 2.32. The summed E-state index contributed by atoms with van der Waals surface area (Å²) < 4.78 is 1.48. The Morgan fingerprint density at radius 3 is 2.71 bits per heavy atom. The number of ketones is 1. The molecule has 1 aromatic heterocycles. The molecular weight excluding hydrogens is 278 g/mol. The monoisotopic (exact) mass is 287 g/mol. The number of aryl methyl sites for hydroxylation is 1. The Hall–Kier alpha value is -3.10. The van der Waals surface area contributed by atoms with Crippen molar-refractivity contribution in [2.24, 2.45) is 7.05 Å². The molecule has 2 heterocycles. The summed E-state index contributed by atoms with van der Waals surface area (Å²) in [6.07, 6.45) is 1.63. The molecule has 9 heteroatoms. The van der Waals surface area contributed by atoms with Gasteiger partial charge in [-0.05, 0) is 6.07 Å². The fourth-order valence-corrected chi connectivity index (χ4v) is 2.19. The van der Waals surface area contributed by atoms with Gasteiger partial charge in [0.15, 0.2) is 0 Å². The third-order valence-electron chi connectivity index (χ3n) is 3.14. The Bertz CT molecular complexity index is 782. The molecule has 1 aromatic carbocycles. The van der Waals surface area contributed by atoms with E-state index in [-0.39, 0.29) is 17.8 Å². The molecule has 0 radical (unpaired) electrons. The number of Topliss-reactive ketones (excluding diaryl/α,β-unsaturated/α-hetero) is 1. The number of nitrogens with zero attached hydrogens (tertiary/aromatic N) is 5. The highest BCUT2D eigenvalue weighted by molar-refractivity contribution is 6.52. The summed E-state index contributed by atoms with van der Waals surface area (Å²) in [6, 6.07) is 3.77. The molecule has 0 spiro atoms. The molecule has 3 rings (SSSR count). The van der Waals surface area contributed by atoms with Gasteiger partial charge < -0.3 is 0 Å². The van der Waals surface area contributed by atoms with Crippen LogP contribution in [0.3, 0.4) is 0 Å². The van der Waals surface area contributed by atoms with E-state index in [1.54, 1.807) is 13.2 Å². The molecule has 0 atom stereocenters. The van der Waals surface area contributed by atoms with Crippen LogP contribution in [0, 0.1) is 10.1 Å². The minimum atomic E-state index is -0.752. The lowest BCUT2D eigenvalue weighted by atomic mass is 10.1. The van der Waals surface area contributed by atoms with Gasteiger partial charge in [0.25, 0.3) is 17.4 Å². The molecule has 0 N–H and O–H groups in total. The average Bonchev–Trinajstić information content (AvgIpc) is 2.96. The summed E-state index contributed by atoms with van der Waals surface area (Å²) in [6.45, 7) is 0.0865. The normalized spacial score (nSPS) is 13.7. The third kappa shape index (κ3) is 2.04. The fraction of sp³-hybridized carbons (Fsp3) is 0.167. The zero-order chi connectivity index (χ0) is 15.1. The molecule has 0 saturated carbocycles. The number of benzene rings is 1. The summed E-state index contributed by atoms with van der Waals surface area (Å²) in [5.74, 6) is -1.48. The van der Waals surface area contributed by atoms with Gasteiger partial charge in [0, 0.05) is 25.4 Å². The number of hydrogen-bond acceptors (Lipinski definition) is 6. The smallest absolute Gasteiger partial charge is 0.299 e. The van der Waals surface area contributed by atoms with Crippen molar-refractivity contribution in [3.8, 4) is 0 Å². The number of anilines is 1. The standard InChI is InChI=1S/C12H9N5O4/c1-15-5-7(13-14-15)6-16-10-3-2-8(17(20)21)4-9(10)11(18)12(16)19/h2-5H,6H2,1H3. The van der Waals surface area contributed by atoms with E-state index >= 15 is 0 Å². The Balaban J connectivity index is 2.00. The van der Waals surface area contributed by atoms with Crippen LogP contribution in [0.2, 0.25) is 0 Å². The number of nitro benzene ring substituents is 1. The highest BCUT2D eigenvalue weighted by atomic mass is 16.6. The summed E-state index contributed by atoms with van der Waals surface area (Å²) in [4.78, 5) is 35.3. The van der Waals surface area contributed by atoms with E-state index in [0.29, 0.717) is 11.4 Å². The van der Waals surface area contributed by atoms with Crippen molar-refractivity contribution in [1.82, 2.24) is 15.0 Å². The van der Waals surface area contributed by atoms with E-state index in [4.69, 9.17) is 0 Å². The van der Waals surface area contributed by atoms with Crippen LogP contribution in [0.25, 0.3) is 0 Å². The van der Waals surface area contributed by atoms with Crippen molar-refractivity contribution in [1.29, 1.82) is 0 Å². The SMILES string of the molecule is Cn1cc(CN2C(=O)C(=O)c3cc([N+](=O)[O-])ccc32)nn1. The fourth-order valence-electron chi connectivity index (χ4n) is 2.19. The lowest BCUT2D eigenvalue weighted by Crippen LogP contribution is -2.29. The molecule has 21 heavy (non-hydrogen) atoms. The molecule has 0 unspecified atom stereocenters. The van der Waals surface area contributed by atoms with Gasteiger partial charge >= 0.3 is 0 Å². The van der Waals surface area contributed by atoms with Crippen LogP contribution in [-0.4, -0.2) is 31.6 Å². The number of hydrogen-bond donors (Lipinski definition) is 0. The van der Waals surface area contributed by atoms with Gasteiger partial charge in [-0.2, -0.15) is 0 Å². The van der Waals surface area contributed by atoms with Crippen LogP contribution in [0.15, 0.2) is 24.4 Å². The Labute approximate surface area is 117 Å². The summed E-state index contributed by atoms with van der Waals surface area (Å²) in [5, 5.41) is 18.3. The summed E-state index contributed by atoms with van der Waals surface area (Å²) in [5.41, 5.74) is 0.681. The van der Waals surface area contributed by atoms with Crippen molar-refractivity contribution in [2.45, 2.75) is 6.54 Å². The minimum absolute atomic E-state index is 0.0399. The molecule has 106 valence electrons. The summed E-state index contributed by atoms with van der Waals surface area (Å²) >= 11 is 0. The first-order valence-electron chi connectivity index (χ1n) is 5.97. The quantitative estimate of drug-likeness (QED) is 0.460. The van der Waals surface area contributed by atoms with Crippen molar-refractivity contribution in [3.63, 3.8) is 0 Å². The summed E-state index contributed by atoms with van der Waals surface area (Å²) in [7, 11) is 1.69. The third-order valence-corrected chi connectivity index (χ3v) is 3.14. The van der Waals surface area contributed by atoms with E-state index in [9.17, 15) is 19.7 Å². The van der Waals surface area contributed by atoms with Crippen molar-refractivity contribution in [2.75, 3.05) is 4.90 Å². The molecule has 9 nitrogen and oxygen atoms in total. The van der Waals surface area contributed by atoms with Crippen molar-refractivity contribution < 1.29 is 14.5 Å². The van der Waals surface area contributed by atoms with Gasteiger partial charge in [-0.1, -0.05) is 5.21 Å². The van der Waals surface area contributed by atoms with Crippen LogP contribution < -0.4 is 4.90 Å². The zero-order valence-corrected chi connectivity index (χ0v) is 10.9. The highest BCUT2D eigenvalue weighted by Gasteiger charge is 2.37. The van der Waals surface area contributed by atoms with Crippen LogP contribution in [0.4, 0.5) is 11.4 Å². The van der Waals surface area contributed by atoms with E-state index in [2.05, 4.69) is 10.3 Å². The van der Waals surface area contributed by atoms with Gasteiger partial charge in [0.05, 0.1) is 22.7 Å². The maximum Gasteiger partial charge on any atom is 0.299 e. The van der Waals surface area contributed by atoms with Crippen LogP contribution in [0.1, 0.15) is 16.1 Å². The number of non-ortho nitro benzene ring substituents is 1. The maximum absolute atomic E-state index is 12.0. The average molecular weight is 287 g/mol. The van der Waals surface area contributed by atoms with E-state index in [0.717, 1.165) is 6.07 Å². The second-order valence-corrected chi connectivity index (χ2v) is 4.56. The molecule has 2 aromatic rings. The number of nitro groups is 1. The van der Waals surface area contributed by atoms with Gasteiger partial charge in [0.2, 0.25) is 0 Å². The van der Waals surface area contributed by atoms with E-state index in [1.807, 2.05) is 0 Å². The second-order valence-electron chi connectivity index (χ2n) is 4.56. The van der Waals surface area contributed by atoms with Crippen LogP contribution >= 0.6 is 0 Å². The van der Waals surface area contributed by atoms with Gasteiger partial charge in [-0.15, -0.1) is 5.10 Å². The molecular formula is C12H9N5O4. The molecule has 1 aliphatic rings. The van der Waals surface area contributed by atoms with Crippen molar-refractivity contribution in [3.05, 3.63) is 45.8 Å². The largest absolute Gasteiger partial charge is 0.299 e. The first kappa shape index (κ1) is 12.9. The first-order valence-corrected chi connectivity index (χ1v) is 5.97. The van der Waals surface area contributed by atoms with Crippen molar-refractivity contribution >= 4 is 23.1 Å². The Kier molecular flexibility index (Phi) is 2.75. The van der Waals surface area contributed by atoms with Crippen LogP contribution in [-0.2, 0) is 18.4 Å². The molecule has 0 saturated heterocycles. The molecule has 0 bridgehead atoms. The maximum atomic E-state index is 12.0. The lowest BCUT2D eigenvalue weighted by molar-refractivity contribution is -0.384. The topological polar surface area (TPSA) is 111 Å². The van der Waals surface area contributed by atoms with Gasteiger partial charge in [0.1, 0.15) is 5.69 Å². The predicted molar refractivity (Wildman–Crippen MR) is 69.6 cm³/mol. The number of carbonyl (C=O) groups excluding carboxylic acids is 2. The zero-order valence-electron chi connectivity index (χ0n) is 10.9. The number of rotatable bonds is 3. The second kappa shape index (κ2) is 4.47. The molecule has 0 fully saturated rings. The van der Waals surface area contributed by atoms with Gasteiger partial charge in [-0.3, -0.25) is 29.3 Å². The Morgan fingerprint density at radius 1 is 1.33 bits per heavy atom. The molecule has 0 aliphatic carbocycles. The number of amides is 1. The van der Waals surface area contributed by atoms with Gasteiger partial charge in [-0.25, -0.2) is 0 Å². The minimum Gasteiger partial charge on any atom is -0.299 e.